The first-order chi connectivity index (χ1) is 6.43. The largest absolute Gasteiger partial charge is 0.371 e. The molecule has 0 aliphatic carbocycles. The number of ether oxygens (including phenoxy) is 1. The van der Waals surface area contributed by atoms with E-state index in [1.807, 2.05) is 0 Å². The van der Waals surface area contributed by atoms with Crippen LogP contribution in [0.1, 0.15) is 20.8 Å². The smallest absolute Gasteiger partial charge is 0.294 e. The molecule has 0 aromatic carbocycles. The molecular weight excluding hydrogens is 190 g/mol. The molecule has 0 rings (SSSR count). The highest BCUT2D eigenvalue weighted by Gasteiger charge is 2.10. The molecule has 0 saturated heterocycles. The molecule has 0 bridgehead atoms. The minimum atomic E-state index is -0.877. The minimum Gasteiger partial charge on any atom is -0.371 e. The van der Waals surface area contributed by atoms with Crippen molar-refractivity contribution in [1.29, 1.82) is 0 Å². The number of ketones is 1. The summed E-state index contributed by atoms with van der Waals surface area (Å²) >= 11 is 0. The third-order valence-corrected chi connectivity index (χ3v) is 1.51. The highest BCUT2D eigenvalue weighted by Crippen LogP contribution is 1.97. The fraction of sp³-hybridized carbons (Fsp3) is 0.875. The minimum absolute atomic E-state index is 0.0247. The first kappa shape index (κ1) is 12.8. The third kappa shape index (κ3) is 6.36. The molecule has 1 atom stereocenters. The summed E-state index contributed by atoms with van der Waals surface area (Å²) in [5, 5.41) is 9.00. The van der Waals surface area contributed by atoms with Crippen molar-refractivity contribution >= 4 is 5.78 Å². The van der Waals surface area contributed by atoms with Crippen LogP contribution < -0.4 is 0 Å². The van der Waals surface area contributed by atoms with Crippen molar-refractivity contribution in [2.24, 2.45) is 5.92 Å². The van der Waals surface area contributed by atoms with Gasteiger partial charge >= 0.3 is 0 Å². The van der Waals surface area contributed by atoms with Gasteiger partial charge in [-0.1, -0.05) is 13.8 Å². The Balaban J connectivity index is 3.54. The number of rotatable bonds is 7. The molecule has 0 aliphatic heterocycles. The third-order valence-electron chi connectivity index (χ3n) is 1.51. The van der Waals surface area contributed by atoms with Gasteiger partial charge in [0.25, 0.3) is 5.09 Å². The maximum Gasteiger partial charge on any atom is 0.294 e. The zero-order valence-electron chi connectivity index (χ0n) is 8.56. The summed E-state index contributed by atoms with van der Waals surface area (Å²) in [5.41, 5.74) is 0. The molecule has 0 N–H and O–H groups in total. The summed E-state index contributed by atoms with van der Waals surface area (Å²) in [5.74, 6) is -0.111. The number of Topliss-reactive ketones (excluding diaryl/α,β-unsaturated/α-hetero) is 1. The van der Waals surface area contributed by atoms with Gasteiger partial charge in [-0.05, 0) is 6.92 Å². The SMILES string of the molecule is CC(C)C(=O)COC[C@@H](C)O[N+](=O)[O-]. The van der Waals surface area contributed by atoms with Crippen LogP contribution in [-0.4, -0.2) is 30.2 Å². The monoisotopic (exact) mass is 205 g/mol. The van der Waals surface area contributed by atoms with Crippen LogP contribution in [0.4, 0.5) is 0 Å². The Labute approximate surface area is 82.3 Å². The predicted octanol–water partition coefficient (Wildman–Crippen LogP) is 0.825. The maximum atomic E-state index is 11.0. The first-order valence-electron chi connectivity index (χ1n) is 4.35. The Kier molecular flexibility index (Phi) is 5.78. The van der Waals surface area contributed by atoms with Crippen LogP contribution in [0.3, 0.4) is 0 Å². The highest BCUT2D eigenvalue weighted by atomic mass is 17.0. The lowest BCUT2D eigenvalue weighted by Crippen LogP contribution is -2.23. The van der Waals surface area contributed by atoms with E-state index in [2.05, 4.69) is 4.84 Å². The Morgan fingerprint density at radius 2 is 2.00 bits per heavy atom. The Hall–Kier alpha value is -1.17. The molecule has 0 saturated carbocycles. The zero-order valence-corrected chi connectivity index (χ0v) is 8.56. The number of carbonyl (C=O) groups excluding carboxylic acids is 1. The Bertz CT molecular complexity index is 204. The van der Waals surface area contributed by atoms with E-state index in [1.54, 1.807) is 13.8 Å². The summed E-state index contributed by atoms with van der Waals surface area (Å²) in [6, 6.07) is 0. The van der Waals surface area contributed by atoms with Crippen LogP contribution >= 0.6 is 0 Å². The molecule has 6 heteroatoms. The highest BCUT2D eigenvalue weighted by molar-refractivity contribution is 5.81. The molecule has 0 amide bonds. The van der Waals surface area contributed by atoms with Crippen molar-refractivity contribution in [1.82, 2.24) is 0 Å². The Morgan fingerprint density at radius 3 is 2.43 bits per heavy atom. The molecule has 0 aliphatic rings. The first-order valence-corrected chi connectivity index (χ1v) is 4.35. The van der Waals surface area contributed by atoms with Crippen molar-refractivity contribution in [3.05, 3.63) is 10.1 Å². The molecular formula is C8H15NO5. The van der Waals surface area contributed by atoms with Crippen LogP contribution in [0, 0.1) is 16.0 Å². The van der Waals surface area contributed by atoms with Gasteiger partial charge in [-0.2, -0.15) is 0 Å². The molecule has 0 aromatic rings. The van der Waals surface area contributed by atoms with Crippen LogP contribution in [0.2, 0.25) is 0 Å². The molecule has 0 heterocycles. The summed E-state index contributed by atoms with van der Waals surface area (Å²) in [6.07, 6.45) is -0.648. The number of hydrogen-bond acceptors (Lipinski definition) is 5. The van der Waals surface area contributed by atoms with Gasteiger partial charge in [0, 0.05) is 5.92 Å². The van der Waals surface area contributed by atoms with Crippen LogP contribution in [0.15, 0.2) is 0 Å². The van der Waals surface area contributed by atoms with Gasteiger partial charge in [0.05, 0.1) is 6.61 Å². The second kappa shape index (κ2) is 6.31. The van der Waals surface area contributed by atoms with Gasteiger partial charge in [-0.25, -0.2) is 0 Å². The molecule has 6 nitrogen and oxygen atoms in total. The average Bonchev–Trinajstić information content (AvgIpc) is 2.02. The van der Waals surface area contributed by atoms with E-state index >= 15 is 0 Å². The van der Waals surface area contributed by atoms with Gasteiger partial charge in [0.2, 0.25) is 0 Å². The van der Waals surface area contributed by atoms with Crippen LogP contribution in [0.25, 0.3) is 0 Å². The fourth-order valence-electron chi connectivity index (χ4n) is 0.670. The Morgan fingerprint density at radius 1 is 1.43 bits per heavy atom. The van der Waals surface area contributed by atoms with Gasteiger partial charge in [0.15, 0.2) is 5.78 Å². The van der Waals surface area contributed by atoms with Crippen molar-refractivity contribution < 1.29 is 19.5 Å². The summed E-state index contributed by atoms with van der Waals surface area (Å²) in [6.45, 7) is 5.05. The normalized spacial score (nSPS) is 12.6. The van der Waals surface area contributed by atoms with Crippen LogP contribution in [-0.2, 0) is 14.4 Å². The van der Waals surface area contributed by atoms with Crippen molar-refractivity contribution in [2.75, 3.05) is 13.2 Å². The molecule has 0 unspecified atom stereocenters. The summed E-state index contributed by atoms with van der Waals surface area (Å²) in [7, 11) is 0. The van der Waals surface area contributed by atoms with E-state index in [-0.39, 0.29) is 24.9 Å². The standard InChI is InChI=1S/C8H15NO5/c1-6(2)8(10)5-13-4-7(3)14-9(11)12/h6-7H,4-5H2,1-3H3/t7-/m1/s1. The van der Waals surface area contributed by atoms with E-state index in [4.69, 9.17) is 4.74 Å². The number of nitrogens with zero attached hydrogens (tertiary/aromatic N) is 1. The fourth-order valence-corrected chi connectivity index (χ4v) is 0.670. The van der Waals surface area contributed by atoms with Crippen molar-refractivity contribution in [3.8, 4) is 0 Å². The van der Waals surface area contributed by atoms with Crippen molar-refractivity contribution in [2.45, 2.75) is 26.9 Å². The zero-order chi connectivity index (χ0) is 11.1. The van der Waals surface area contributed by atoms with Gasteiger partial charge < -0.3 is 9.57 Å². The van der Waals surface area contributed by atoms with Crippen LogP contribution in [0.5, 0.6) is 0 Å². The van der Waals surface area contributed by atoms with E-state index in [9.17, 15) is 14.9 Å². The molecule has 0 spiro atoms. The molecule has 0 radical (unpaired) electrons. The number of carbonyl (C=O) groups is 1. The summed E-state index contributed by atoms with van der Waals surface area (Å²) in [4.78, 5) is 25.1. The lowest BCUT2D eigenvalue weighted by atomic mass is 10.1. The average molecular weight is 205 g/mol. The number of hydrogen-bond donors (Lipinski definition) is 0. The summed E-state index contributed by atoms with van der Waals surface area (Å²) < 4.78 is 4.94. The molecule has 0 aromatic heterocycles. The second-order valence-electron chi connectivity index (χ2n) is 3.28. The molecule has 14 heavy (non-hydrogen) atoms. The van der Waals surface area contributed by atoms with E-state index in [0.717, 1.165) is 0 Å². The lowest BCUT2D eigenvalue weighted by Gasteiger charge is -2.10. The predicted molar refractivity (Wildman–Crippen MR) is 48.2 cm³/mol. The molecule has 82 valence electrons. The topological polar surface area (TPSA) is 78.7 Å². The van der Waals surface area contributed by atoms with Gasteiger partial charge in [-0.15, -0.1) is 10.1 Å². The van der Waals surface area contributed by atoms with E-state index in [1.165, 1.54) is 6.92 Å². The van der Waals surface area contributed by atoms with E-state index < -0.39 is 11.2 Å². The maximum absolute atomic E-state index is 11.0. The molecule has 0 fully saturated rings. The van der Waals surface area contributed by atoms with Gasteiger partial charge in [-0.3, -0.25) is 4.79 Å². The quantitative estimate of drug-likeness (QED) is 0.454. The van der Waals surface area contributed by atoms with Gasteiger partial charge in [0.1, 0.15) is 12.7 Å². The lowest BCUT2D eigenvalue weighted by molar-refractivity contribution is -0.768. The van der Waals surface area contributed by atoms with E-state index in [0.29, 0.717) is 0 Å². The second-order valence-corrected chi connectivity index (χ2v) is 3.28. The van der Waals surface area contributed by atoms with Crippen molar-refractivity contribution in [3.63, 3.8) is 0 Å².